The van der Waals surface area contributed by atoms with Gasteiger partial charge in [-0.3, -0.25) is 4.90 Å². The van der Waals surface area contributed by atoms with Gasteiger partial charge in [-0.15, -0.1) is 0 Å². The Hall–Kier alpha value is -0.620. The maximum atomic E-state index is 10.0. The third kappa shape index (κ3) is 4.76. The molecule has 1 N–H and O–H groups in total. The summed E-state index contributed by atoms with van der Waals surface area (Å²) in [6.07, 6.45) is 7.96. The third-order valence-corrected chi connectivity index (χ3v) is 6.93. The number of likely N-dealkylation sites (tertiary alicyclic amines) is 1. The molecule has 3 heterocycles. The minimum absolute atomic E-state index is 0.00946. The molecule has 0 radical (unpaired) electrons. The van der Waals surface area contributed by atoms with Crippen molar-refractivity contribution in [2.24, 2.45) is 5.41 Å². The lowest BCUT2D eigenvalue weighted by atomic mass is 9.77. The Balaban J connectivity index is 1.67. The summed E-state index contributed by atoms with van der Waals surface area (Å²) in [7, 11) is 0. The molecule has 0 amide bonds. The van der Waals surface area contributed by atoms with E-state index in [4.69, 9.17) is 11.6 Å². The lowest BCUT2D eigenvalue weighted by molar-refractivity contribution is 0.0311. The van der Waals surface area contributed by atoms with E-state index in [2.05, 4.69) is 34.7 Å². The van der Waals surface area contributed by atoms with E-state index in [0.717, 1.165) is 57.1 Å². The van der Waals surface area contributed by atoms with Gasteiger partial charge in [-0.05, 0) is 52.5 Å². The van der Waals surface area contributed by atoms with Gasteiger partial charge in [0.2, 0.25) is 0 Å². The number of hydrogen-bond donors (Lipinski definition) is 1. The molecule has 0 aromatic carbocycles. The van der Waals surface area contributed by atoms with Gasteiger partial charge in [-0.2, -0.15) is 0 Å². The van der Waals surface area contributed by atoms with Crippen molar-refractivity contribution in [2.75, 3.05) is 37.7 Å². The van der Waals surface area contributed by atoms with Gasteiger partial charge in [0.15, 0.2) is 5.13 Å². The Morgan fingerprint density at radius 2 is 2.04 bits per heavy atom. The Labute approximate surface area is 160 Å². The second-order valence-corrected chi connectivity index (χ2v) is 9.28. The molecule has 0 bridgehead atoms. The minimum Gasteiger partial charge on any atom is -0.396 e. The monoisotopic (exact) mass is 383 g/mol. The van der Waals surface area contributed by atoms with Crippen molar-refractivity contribution in [3.63, 3.8) is 0 Å². The Morgan fingerprint density at radius 1 is 1.28 bits per heavy atom. The van der Waals surface area contributed by atoms with E-state index < -0.39 is 0 Å². The first-order valence-electron chi connectivity index (χ1n) is 9.38. The van der Waals surface area contributed by atoms with Gasteiger partial charge >= 0.3 is 0 Å². The van der Waals surface area contributed by atoms with Crippen molar-refractivity contribution in [1.29, 1.82) is 0 Å². The molecule has 2 saturated heterocycles. The van der Waals surface area contributed by atoms with Gasteiger partial charge in [0, 0.05) is 31.6 Å². The molecule has 0 unspecified atom stereocenters. The average molecular weight is 384 g/mol. The largest absolute Gasteiger partial charge is 0.396 e. The topological polar surface area (TPSA) is 39.6 Å². The number of rotatable bonds is 6. The summed E-state index contributed by atoms with van der Waals surface area (Å²) in [5.74, 6) is 0. The van der Waals surface area contributed by atoms with Crippen LogP contribution in [0.5, 0.6) is 0 Å². The molecule has 3 rings (SSSR count). The maximum Gasteiger partial charge on any atom is 0.187 e. The van der Waals surface area contributed by atoms with Crippen molar-refractivity contribution in [3.8, 4) is 0 Å². The predicted octanol–water partition coefficient (Wildman–Crippen LogP) is 4.33. The van der Waals surface area contributed by atoms with Crippen LogP contribution in [0.25, 0.3) is 0 Å². The highest BCUT2D eigenvalue weighted by molar-refractivity contribution is 7.16. The van der Waals surface area contributed by atoms with Gasteiger partial charge in [-0.25, -0.2) is 4.98 Å². The third-order valence-electron chi connectivity index (χ3n) is 5.40. The number of nitrogens with zero attached hydrogens (tertiary/aromatic N) is 3. The number of aliphatic hydroxyl groups excluding tert-OH is 1. The van der Waals surface area contributed by atoms with Crippen molar-refractivity contribution >= 4 is 28.1 Å². The smallest absolute Gasteiger partial charge is 0.187 e. The molecule has 140 valence electrons. The van der Waals surface area contributed by atoms with Gasteiger partial charge in [0.25, 0.3) is 0 Å². The fourth-order valence-corrected chi connectivity index (χ4v) is 5.24. The molecule has 1 aromatic heterocycles. The molecule has 2 aliphatic heterocycles. The number of anilines is 1. The van der Waals surface area contributed by atoms with Crippen LogP contribution in [-0.2, 0) is 6.54 Å². The van der Waals surface area contributed by atoms with Gasteiger partial charge in [-0.1, -0.05) is 34.6 Å². The van der Waals surface area contributed by atoms with E-state index in [-0.39, 0.29) is 12.0 Å². The van der Waals surface area contributed by atoms with E-state index in [0.29, 0.717) is 5.15 Å². The van der Waals surface area contributed by atoms with Gasteiger partial charge in [0.1, 0.15) is 5.15 Å². The molecule has 2 aliphatic rings. The van der Waals surface area contributed by atoms with Crippen LogP contribution >= 0.6 is 22.9 Å². The lowest BCUT2D eigenvalue weighted by Gasteiger charge is -2.41. The summed E-state index contributed by atoms with van der Waals surface area (Å²) < 4.78 is 0. The minimum atomic E-state index is -0.00946. The van der Waals surface area contributed by atoms with Crippen molar-refractivity contribution in [1.82, 2.24) is 9.88 Å². The molecule has 0 aliphatic carbocycles. The Morgan fingerprint density at radius 3 is 2.72 bits per heavy atom. The van der Waals surface area contributed by atoms with Gasteiger partial charge < -0.3 is 10.0 Å². The highest BCUT2D eigenvalue weighted by atomic mass is 35.5. The SMILES string of the molecule is CC(C)=CC[C@]1(CO)CCCN(Cc2sc(N3CCCC3)nc2Cl)C1. The lowest BCUT2D eigenvalue weighted by Crippen LogP contribution is -2.44. The zero-order valence-electron chi connectivity index (χ0n) is 15.4. The van der Waals surface area contributed by atoms with E-state index >= 15 is 0 Å². The molecule has 1 aromatic rings. The van der Waals surface area contributed by atoms with Crippen LogP contribution in [0.4, 0.5) is 5.13 Å². The zero-order valence-corrected chi connectivity index (χ0v) is 17.0. The number of halogens is 1. The second-order valence-electron chi connectivity index (χ2n) is 7.86. The molecule has 0 spiro atoms. The van der Waals surface area contributed by atoms with Crippen molar-refractivity contribution in [3.05, 3.63) is 21.7 Å². The van der Waals surface area contributed by atoms with E-state index in [1.165, 1.54) is 23.3 Å². The number of aromatic nitrogens is 1. The predicted molar refractivity (Wildman–Crippen MR) is 107 cm³/mol. The molecule has 2 fully saturated rings. The summed E-state index contributed by atoms with van der Waals surface area (Å²) in [6, 6.07) is 0. The maximum absolute atomic E-state index is 10.0. The van der Waals surface area contributed by atoms with Crippen LogP contribution in [0.2, 0.25) is 5.15 Å². The molecular formula is C19H30ClN3OS. The number of thiazole rings is 1. The highest BCUT2D eigenvalue weighted by Crippen LogP contribution is 2.37. The first-order valence-corrected chi connectivity index (χ1v) is 10.6. The fourth-order valence-electron chi connectivity index (χ4n) is 3.89. The molecule has 6 heteroatoms. The average Bonchev–Trinajstić information content (AvgIpc) is 3.24. The summed E-state index contributed by atoms with van der Waals surface area (Å²) in [6.45, 7) is 9.56. The van der Waals surface area contributed by atoms with Crippen LogP contribution in [0, 0.1) is 5.41 Å². The molecule has 25 heavy (non-hydrogen) atoms. The Kier molecular flexibility index (Phi) is 6.42. The molecule has 0 saturated carbocycles. The van der Waals surface area contributed by atoms with Crippen LogP contribution in [0.3, 0.4) is 0 Å². The molecule has 1 atom stereocenters. The van der Waals surface area contributed by atoms with Crippen LogP contribution < -0.4 is 4.90 Å². The number of aliphatic hydroxyl groups is 1. The molecule has 4 nitrogen and oxygen atoms in total. The normalized spacial score (nSPS) is 24.7. The van der Waals surface area contributed by atoms with E-state index in [1.807, 2.05) is 0 Å². The van der Waals surface area contributed by atoms with Crippen LogP contribution in [-0.4, -0.2) is 47.8 Å². The van der Waals surface area contributed by atoms with Crippen LogP contribution in [0.15, 0.2) is 11.6 Å². The van der Waals surface area contributed by atoms with Crippen LogP contribution in [0.1, 0.15) is 50.8 Å². The van der Waals surface area contributed by atoms with E-state index in [1.54, 1.807) is 11.3 Å². The van der Waals surface area contributed by atoms with E-state index in [9.17, 15) is 5.11 Å². The summed E-state index contributed by atoms with van der Waals surface area (Å²) in [5.41, 5.74) is 1.32. The number of allylic oxidation sites excluding steroid dienone is 2. The highest BCUT2D eigenvalue weighted by Gasteiger charge is 2.34. The standard InChI is InChI=1S/C19H30ClN3OS/c1-15(2)6-8-19(14-24)7-5-9-22(13-19)12-16-17(20)21-18(25-16)23-10-3-4-11-23/h6,24H,3-5,7-14H2,1-2H3/t19-/m1/s1. The first kappa shape index (κ1) is 19.2. The Bertz CT molecular complexity index is 608. The van der Waals surface area contributed by atoms with Crippen molar-refractivity contribution < 1.29 is 5.11 Å². The molecular weight excluding hydrogens is 354 g/mol. The second kappa shape index (κ2) is 8.38. The number of piperidine rings is 1. The fraction of sp³-hybridized carbons (Fsp3) is 0.737. The quantitative estimate of drug-likeness (QED) is 0.742. The first-order chi connectivity index (χ1) is 12.0. The summed E-state index contributed by atoms with van der Waals surface area (Å²) >= 11 is 8.18. The van der Waals surface area contributed by atoms with Gasteiger partial charge in [0.05, 0.1) is 11.5 Å². The number of hydrogen-bond acceptors (Lipinski definition) is 5. The zero-order chi connectivity index (χ0) is 17.9. The summed E-state index contributed by atoms with van der Waals surface area (Å²) in [4.78, 5) is 10.6. The van der Waals surface area contributed by atoms with Crippen molar-refractivity contribution in [2.45, 2.75) is 52.5 Å². The summed E-state index contributed by atoms with van der Waals surface area (Å²) in [5, 5.41) is 11.8.